The smallest absolute Gasteiger partial charge is 0.333 e. The van der Waals surface area contributed by atoms with Gasteiger partial charge in [0.2, 0.25) is 0 Å². The average Bonchev–Trinajstić information content (AvgIpc) is 2.89. The maximum Gasteiger partial charge on any atom is 0.333 e. The molecule has 3 rings (SSSR count). The Morgan fingerprint density at radius 2 is 1.42 bits per heavy atom. The number of carbonyl (C=O) groups is 1. The van der Waals surface area contributed by atoms with Gasteiger partial charge in [0, 0.05) is 5.57 Å². The molecule has 3 aromatic rings. The van der Waals surface area contributed by atoms with E-state index in [4.69, 9.17) is 5.11 Å². The van der Waals surface area contributed by atoms with E-state index in [1.807, 2.05) is 42.5 Å². The fourth-order valence-corrected chi connectivity index (χ4v) is 2.58. The topological polar surface area (TPSA) is 46.5 Å². The molecule has 3 heteroatoms. The fraction of sp³-hybridized carbons (Fsp3) is 0.182. The van der Waals surface area contributed by atoms with Crippen molar-refractivity contribution in [2.45, 2.75) is 27.7 Å². The molecule has 0 radical (unpaired) electrons. The Morgan fingerprint density at radius 3 is 1.83 bits per heavy atom. The van der Waals surface area contributed by atoms with E-state index in [1.165, 1.54) is 33.4 Å². The molecule has 0 saturated carbocycles. The average molecular weight is 485 g/mol. The summed E-state index contributed by atoms with van der Waals surface area (Å²) in [4.78, 5) is 10.5. The second kappa shape index (κ2) is 19.4. The Bertz CT molecular complexity index is 1090. The van der Waals surface area contributed by atoms with Crippen LogP contribution in [0.25, 0.3) is 18.2 Å². The van der Waals surface area contributed by atoms with Gasteiger partial charge in [0.1, 0.15) is 6.61 Å². The summed E-state index contributed by atoms with van der Waals surface area (Å²) in [6.07, 6.45) is 5.57. The van der Waals surface area contributed by atoms with E-state index in [1.54, 1.807) is 6.92 Å². The summed E-state index contributed by atoms with van der Waals surface area (Å²) in [6, 6.07) is 24.7. The number of ether oxygens (including phenoxy) is 1. The number of hydrogen-bond acceptors (Lipinski definition) is 3. The Kier molecular flexibility index (Phi) is 17.2. The first-order valence-electron chi connectivity index (χ1n) is 11.7. The number of carbonyl (C=O) groups excluding carboxylic acids is 1. The van der Waals surface area contributed by atoms with E-state index in [9.17, 15) is 4.79 Å². The summed E-state index contributed by atoms with van der Waals surface area (Å²) in [6.45, 7) is 22.1. The molecule has 0 heterocycles. The predicted octanol–water partition coefficient (Wildman–Crippen LogP) is 8.01. The summed E-state index contributed by atoms with van der Waals surface area (Å²) in [5.41, 5.74) is 7.80. The van der Waals surface area contributed by atoms with Crippen LogP contribution in [0, 0.1) is 20.8 Å². The Hall–Kier alpha value is -3.95. The first kappa shape index (κ1) is 32.1. The molecular weight excluding hydrogens is 444 g/mol. The maximum absolute atomic E-state index is 10.5. The summed E-state index contributed by atoms with van der Waals surface area (Å²) < 4.78 is 4.46. The van der Waals surface area contributed by atoms with Crippen LogP contribution in [0.5, 0.6) is 0 Å². The molecule has 0 saturated heterocycles. The standard InChI is InChI=1S/3C9H10.C6H10O3/c1-3-9-6-4-8(2)5-7-9;1-3-9-6-4-5-8(2)7-9;1-3-9-7-5-4-6-8(9)2;1-5(2)6(8)9-4-3-7/h3*3-7H,1H2,2H3;7H,1,3-4H2,2H3. The number of aliphatic hydroxyl groups is 1. The second-order valence-electron chi connectivity index (χ2n) is 7.93. The van der Waals surface area contributed by atoms with Crippen LogP contribution >= 0.6 is 0 Å². The van der Waals surface area contributed by atoms with Crippen molar-refractivity contribution in [3.8, 4) is 0 Å². The monoisotopic (exact) mass is 484 g/mol. The van der Waals surface area contributed by atoms with Crippen LogP contribution in [-0.2, 0) is 9.53 Å². The van der Waals surface area contributed by atoms with Crippen molar-refractivity contribution in [1.29, 1.82) is 0 Å². The molecule has 0 bridgehead atoms. The van der Waals surface area contributed by atoms with Crippen molar-refractivity contribution >= 4 is 24.2 Å². The van der Waals surface area contributed by atoms with Gasteiger partial charge in [-0.25, -0.2) is 4.79 Å². The first-order chi connectivity index (χ1) is 17.2. The molecular formula is C33H40O3. The van der Waals surface area contributed by atoms with E-state index >= 15 is 0 Å². The van der Waals surface area contributed by atoms with Crippen LogP contribution in [0.15, 0.2) is 105 Å². The van der Waals surface area contributed by atoms with Crippen LogP contribution in [0.2, 0.25) is 0 Å². The minimum Gasteiger partial charge on any atom is -0.460 e. The molecule has 190 valence electrons. The lowest BCUT2D eigenvalue weighted by molar-refractivity contribution is -0.139. The molecule has 3 aromatic carbocycles. The molecule has 0 unspecified atom stereocenters. The number of esters is 1. The summed E-state index contributed by atoms with van der Waals surface area (Å²) in [5.74, 6) is -0.455. The summed E-state index contributed by atoms with van der Waals surface area (Å²) >= 11 is 0. The molecule has 3 nitrogen and oxygen atoms in total. The van der Waals surface area contributed by atoms with Crippen molar-refractivity contribution in [2.75, 3.05) is 13.2 Å². The SMILES string of the molecule is C=C(C)C(=O)OCCO.C=Cc1ccc(C)cc1.C=Cc1cccc(C)c1.C=Cc1ccccc1C. The van der Waals surface area contributed by atoms with Crippen LogP contribution in [0.1, 0.15) is 40.3 Å². The minimum absolute atomic E-state index is 0.0473. The molecule has 0 spiro atoms. The van der Waals surface area contributed by atoms with E-state index in [0.29, 0.717) is 5.57 Å². The van der Waals surface area contributed by atoms with E-state index in [0.717, 1.165) is 0 Å². The van der Waals surface area contributed by atoms with Crippen molar-refractivity contribution in [2.24, 2.45) is 0 Å². The molecule has 0 aliphatic carbocycles. The lowest BCUT2D eigenvalue weighted by atomic mass is 10.1. The Labute approximate surface area is 217 Å². The van der Waals surface area contributed by atoms with E-state index in [-0.39, 0.29) is 13.2 Å². The van der Waals surface area contributed by atoms with Gasteiger partial charge in [-0.2, -0.15) is 0 Å². The highest BCUT2D eigenvalue weighted by Crippen LogP contribution is 2.07. The van der Waals surface area contributed by atoms with Gasteiger partial charge in [-0.3, -0.25) is 0 Å². The first-order valence-corrected chi connectivity index (χ1v) is 11.7. The zero-order valence-corrected chi connectivity index (χ0v) is 22.2. The van der Waals surface area contributed by atoms with Crippen LogP contribution in [0.4, 0.5) is 0 Å². The highest BCUT2D eigenvalue weighted by molar-refractivity contribution is 5.86. The van der Waals surface area contributed by atoms with Crippen molar-refractivity contribution in [3.63, 3.8) is 0 Å². The molecule has 1 N–H and O–H groups in total. The number of benzene rings is 3. The van der Waals surface area contributed by atoms with Crippen LogP contribution in [-0.4, -0.2) is 24.3 Å². The zero-order valence-electron chi connectivity index (χ0n) is 22.2. The van der Waals surface area contributed by atoms with Gasteiger partial charge in [-0.15, -0.1) is 0 Å². The largest absolute Gasteiger partial charge is 0.460 e. The number of aryl methyl sites for hydroxylation is 3. The highest BCUT2D eigenvalue weighted by Gasteiger charge is 1.99. The normalized spacial score (nSPS) is 8.92. The molecule has 0 aromatic heterocycles. The van der Waals surface area contributed by atoms with Gasteiger partial charge in [0.15, 0.2) is 0 Å². The van der Waals surface area contributed by atoms with Crippen LogP contribution in [0.3, 0.4) is 0 Å². The lowest BCUT2D eigenvalue weighted by Gasteiger charge is -1.99. The molecule has 0 amide bonds. The van der Waals surface area contributed by atoms with Crippen LogP contribution < -0.4 is 0 Å². The summed E-state index contributed by atoms with van der Waals surface area (Å²) in [5, 5.41) is 8.19. The molecule has 0 fully saturated rings. The van der Waals surface area contributed by atoms with Gasteiger partial charge in [-0.05, 0) is 49.9 Å². The third-order valence-electron chi connectivity index (χ3n) is 4.67. The number of hydrogen-bond donors (Lipinski definition) is 1. The van der Waals surface area contributed by atoms with Gasteiger partial charge in [0.25, 0.3) is 0 Å². The Morgan fingerprint density at radius 1 is 0.806 bits per heavy atom. The third-order valence-corrected chi connectivity index (χ3v) is 4.67. The predicted molar refractivity (Wildman–Crippen MR) is 157 cm³/mol. The highest BCUT2D eigenvalue weighted by atomic mass is 16.5. The Balaban J connectivity index is 0.000000454. The van der Waals surface area contributed by atoms with E-state index < -0.39 is 5.97 Å². The molecule has 0 aliphatic heterocycles. The second-order valence-corrected chi connectivity index (χ2v) is 7.93. The maximum atomic E-state index is 10.5. The fourth-order valence-electron chi connectivity index (χ4n) is 2.58. The minimum atomic E-state index is -0.455. The van der Waals surface area contributed by atoms with Gasteiger partial charge in [-0.1, -0.05) is 128 Å². The van der Waals surface area contributed by atoms with Crippen molar-refractivity contribution in [3.05, 3.63) is 138 Å². The third kappa shape index (κ3) is 15.0. The number of aliphatic hydroxyl groups excluding tert-OH is 1. The van der Waals surface area contributed by atoms with Crippen molar-refractivity contribution in [1.82, 2.24) is 0 Å². The molecule has 0 aliphatic rings. The zero-order chi connectivity index (χ0) is 27.3. The van der Waals surface area contributed by atoms with Gasteiger partial charge < -0.3 is 9.84 Å². The van der Waals surface area contributed by atoms with Gasteiger partial charge in [0.05, 0.1) is 6.61 Å². The molecule has 36 heavy (non-hydrogen) atoms. The quantitative estimate of drug-likeness (QED) is 0.285. The number of rotatable bonds is 6. The lowest BCUT2D eigenvalue weighted by Crippen LogP contribution is -2.08. The van der Waals surface area contributed by atoms with Gasteiger partial charge >= 0.3 is 5.97 Å². The van der Waals surface area contributed by atoms with E-state index in [2.05, 4.69) is 100 Å². The molecule has 0 atom stereocenters. The summed E-state index contributed by atoms with van der Waals surface area (Å²) in [7, 11) is 0. The van der Waals surface area contributed by atoms with Crippen molar-refractivity contribution < 1.29 is 14.6 Å².